The first-order chi connectivity index (χ1) is 9.93. The van der Waals surface area contributed by atoms with Crippen molar-refractivity contribution in [3.63, 3.8) is 0 Å². The van der Waals surface area contributed by atoms with Crippen molar-refractivity contribution in [2.45, 2.75) is 32.7 Å². The third-order valence-corrected chi connectivity index (χ3v) is 3.91. The number of nitrogens with zero attached hydrogens (tertiary/aromatic N) is 2. The normalized spacial score (nSPS) is 12.4. The van der Waals surface area contributed by atoms with E-state index >= 15 is 0 Å². The fourth-order valence-corrected chi connectivity index (χ4v) is 2.51. The average molecular weight is 311 g/mol. The van der Waals surface area contributed by atoms with Crippen LogP contribution in [0.4, 0.5) is 4.39 Å². The number of benzene rings is 1. The van der Waals surface area contributed by atoms with Crippen LogP contribution in [-0.2, 0) is 17.8 Å². The van der Waals surface area contributed by atoms with E-state index in [0.29, 0.717) is 28.5 Å². The third kappa shape index (κ3) is 3.24. The Morgan fingerprint density at radius 3 is 2.57 bits per heavy atom. The Morgan fingerprint density at radius 1 is 1.43 bits per heavy atom. The molecule has 1 unspecified atom stereocenters. The maximum absolute atomic E-state index is 13.0. The molecular weight excluding hydrogens is 295 g/mol. The highest BCUT2D eigenvalue weighted by molar-refractivity contribution is 6.31. The summed E-state index contributed by atoms with van der Waals surface area (Å²) in [7, 11) is 0. The fraction of sp³-hybridized carbons (Fsp3) is 0.333. The molecule has 112 valence electrons. The van der Waals surface area contributed by atoms with Gasteiger partial charge in [0.2, 0.25) is 0 Å². The summed E-state index contributed by atoms with van der Waals surface area (Å²) in [6.07, 6.45) is 0.217. The molecule has 6 heteroatoms. The fourth-order valence-electron chi connectivity index (χ4n) is 2.30. The van der Waals surface area contributed by atoms with Gasteiger partial charge in [-0.2, -0.15) is 5.10 Å². The molecule has 0 saturated carbocycles. The van der Waals surface area contributed by atoms with Crippen molar-refractivity contribution in [1.82, 2.24) is 9.78 Å². The number of halogens is 2. The first kappa shape index (κ1) is 15.5. The van der Waals surface area contributed by atoms with Gasteiger partial charge in [0.1, 0.15) is 5.82 Å². The zero-order chi connectivity index (χ0) is 15.6. The smallest absolute Gasteiger partial charge is 0.311 e. The van der Waals surface area contributed by atoms with E-state index in [9.17, 15) is 14.3 Å². The molecule has 0 bridgehead atoms. The van der Waals surface area contributed by atoms with E-state index in [0.717, 1.165) is 0 Å². The summed E-state index contributed by atoms with van der Waals surface area (Å²) in [5.74, 6) is -2.15. The molecule has 0 saturated heterocycles. The van der Waals surface area contributed by atoms with E-state index in [-0.39, 0.29) is 6.42 Å². The zero-order valence-electron chi connectivity index (χ0n) is 11.8. The maximum Gasteiger partial charge on any atom is 0.311 e. The molecule has 21 heavy (non-hydrogen) atoms. The van der Waals surface area contributed by atoms with E-state index < -0.39 is 17.7 Å². The Hall–Kier alpha value is -1.88. The number of aromatic nitrogens is 2. The molecule has 1 N–H and O–H groups in total. The predicted octanol–water partition coefficient (Wildman–Crippen LogP) is 3.41. The van der Waals surface area contributed by atoms with Crippen LogP contribution in [0.5, 0.6) is 0 Å². The highest BCUT2D eigenvalue weighted by atomic mass is 35.5. The van der Waals surface area contributed by atoms with Crippen LogP contribution in [0.1, 0.15) is 29.8 Å². The Balaban J connectivity index is 2.37. The van der Waals surface area contributed by atoms with Crippen molar-refractivity contribution in [3.05, 3.63) is 52.1 Å². The Bertz CT molecular complexity index is 652. The van der Waals surface area contributed by atoms with Crippen molar-refractivity contribution in [1.29, 1.82) is 0 Å². The number of aliphatic carboxylic acids is 1. The molecular formula is C15H16ClFN2O2. The van der Waals surface area contributed by atoms with Crippen LogP contribution < -0.4 is 0 Å². The quantitative estimate of drug-likeness (QED) is 0.920. The Morgan fingerprint density at radius 2 is 2.05 bits per heavy atom. The molecule has 0 amide bonds. The van der Waals surface area contributed by atoms with E-state index in [1.165, 1.54) is 24.3 Å². The Labute approximate surface area is 127 Å². The lowest BCUT2D eigenvalue weighted by Gasteiger charge is -2.14. The second-order valence-corrected chi connectivity index (χ2v) is 5.19. The summed E-state index contributed by atoms with van der Waals surface area (Å²) in [6.45, 7) is 4.31. The zero-order valence-corrected chi connectivity index (χ0v) is 12.6. The first-order valence-electron chi connectivity index (χ1n) is 6.64. The van der Waals surface area contributed by atoms with Crippen LogP contribution in [0, 0.1) is 12.7 Å². The van der Waals surface area contributed by atoms with Gasteiger partial charge in [-0.25, -0.2) is 4.39 Å². The molecule has 0 spiro atoms. The van der Waals surface area contributed by atoms with Crippen molar-refractivity contribution in [2.24, 2.45) is 0 Å². The van der Waals surface area contributed by atoms with Crippen LogP contribution in [-0.4, -0.2) is 20.9 Å². The molecule has 2 aromatic rings. The van der Waals surface area contributed by atoms with Crippen LogP contribution >= 0.6 is 11.6 Å². The van der Waals surface area contributed by atoms with Gasteiger partial charge in [0, 0.05) is 13.0 Å². The SMILES string of the molecule is CCn1nc(C)c(Cl)c1CC(C(=O)O)c1ccc(F)cc1. The summed E-state index contributed by atoms with van der Waals surface area (Å²) in [4.78, 5) is 11.5. The molecule has 1 atom stereocenters. The number of hydrogen-bond acceptors (Lipinski definition) is 2. The highest BCUT2D eigenvalue weighted by Gasteiger charge is 2.24. The van der Waals surface area contributed by atoms with Crippen molar-refractivity contribution >= 4 is 17.6 Å². The summed E-state index contributed by atoms with van der Waals surface area (Å²) in [5, 5.41) is 14.2. The molecule has 0 radical (unpaired) electrons. The summed E-state index contributed by atoms with van der Waals surface area (Å²) in [6, 6.07) is 5.49. The number of carboxylic acids is 1. The van der Waals surface area contributed by atoms with E-state index in [1.54, 1.807) is 11.6 Å². The number of carbonyl (C=O) groups is 1. The van der Waals surface area contributed by atoms with Crippen molar-refractivity contribution in [3.8, 4) is 0 Å². The molecule has 1 aromatic carbocycles. The van der Waals surface area contributed by atoms with Gasteiger partial charge in [0.25, 0.3) is 0 Å². The van der Waals surface area contributed by atoms with Crippen molar-refractivity contribution < 1.29 is 14.3 Å². The largest absolute Gasteiger partial charge is 0.481 e. The lowest BCUT2D eigenvalue weighted by Crippen LogP contribution is -2.17. The molecule has 0 aliphatic carbocycles. The van der Waals surface area contributed by atoms with E-state index in [1.807, 2.05) is 6.92 Å². The topological polar surface area (TPSA) is 55.1 Å². The number of rotatable bonds is 5. The maximum atomic E-state index is 13.0. The van der Waals surface area contributed by atoms with Gasteiger partial charge in [-0.3, -0.25) is 9.48 Å². The first-order valence-corrected chi connectivity index (χ1v) is 7.01. The summed E-state index contributed by atoms with van der Waals surface area (Å²) < 4.78 is 14.7. The molecule has 0 aliphatic heterocycles. The van der Waals surface area contributed by atoms with E-state index in [4.69, 9.17) is 11.6 Å². The van der Waals surface area contributed by atoms with Crippen LogP contribution in [0.3, 0.4) is 0 Å². The van der Waals surface area contributed by atoms with Crippen molar-refractivity contribution in [2.75, 3.05) is 0 Å². The van der Waals surface area contributed by atoms with Crippen LogP contribution in [0.2, 0.25) is 5.02 Å². The third-order valence-electron chi connectivity index (χ3n) is 3.42. The second kappa shape index (κ2) is 6.26. The minimum Gasteiger partial charge on any atom is -0.481 e. The van der Waals surface area contributed by atoms with Crippen LogP contribution in [0.25, 0.3) is 0 Å². The lowest BCUT2D eigenvalue weighted by atomic mass is 9.94. The standard InChI is InChI=1S/C15H16ClFN2O2/c1-3-19-13(14(16)9(2)18-19)8-12(15(20)21)10-4-6-11(17)7-5-10/h4-7,12H,3,8H2,1-2H3,(H,20,21). The van der Waals surface area contributed by atoms with Gasteiger partial charge in [0.15, 0.2) is 0 Å². The molecule has 0 aliphatic rings. The lowest BCUT2D eigenvalue weighted by molar-refractivity contribution is -0.138. The molecule has 2 rings (SSSR count). The number of aryl methyl sites for hydroxylation is 2. The van der Waals surface area contributed by atoms with Gasteiger partial charge in [-0.15, -0.1) is 0 Å². The van der Waals surface area contributed by atoms with Gasteiger partial charge < -0.3 is 5.11 Å². The summed E-state index contributed by atoms with van der Waals surface area (Å²) in [5.41, 5.74) is 1.91. The monoisotopic (exact) mass is 310 g/mol. The van der Waals surface area contributed by atoms with Gasteiger partial charge in [0.05, 0.1) is 22.3 Å². The molecule has 0 fully saturated rings. The van der Waals surface area contributed by atoms with Gasteiger partial charge in [-0.05, 0) is 31.5 Å². The van der Waals surface area contributed by atoms with Gasteiger partial charge in [-0.1, -0.05) is 23.7 Å². The number of carboxylic acid groups (broad SMARTS) is 1. The predicted molar refractivity (Wildman–Crippen MR) is 78.1 cm³/mol. The average Bonchev–Trinajstić information content (AvgIpc) is 2.72. The molecule has 1 heterocycles. The Kier molecular flexibility index (Phi) is 4.63. The van der Waals surface area contributed by atoms with Crippen LogP contribution in [0.15, 0.2) is 24.3 Å². The number of hydrogen-bond donors (Lipinski definition) is 1. The highest BCUT2D eigenvalue weighted by Crippen LogP contribution is 2.28. The van der Waals surface area contributed by atoms with Gasteiger partial charge >= 0.3 is 5.97 Å². The minimum atomic E-state index is -0.973. The molecule has 1 aromatic heterocycles. The second-order valence-electron chi connectivity index (χ2n) is 4.81. The molecule has 4 nitrogen and oxygen atoms in total. The summed E-state index contributed by atoms with van der Waals surface area (Å²) >= 11 is 6.22. The minimum absolute atomic E-state index is 0.217. The van der Waals surface area contributed by atoms with E-state index in [2.05, 4.69) is 5.10 Å².